The Labute approximate surface area is 156 Å². The van der Waals surface area contributed by atoms with E-state index in [1.54, 1.807) is 32.4 Å². The van der Waals surface area contributed by atoms with Crippen LogP contribution in [0.3, 0.4) is 0 Å². The van der Waals surface area contributed by atoms with Gasteiger partial charge in [0.1, 0.15) is 23.5 Å². The Bertz CT molecular complexity index is 903. The van der Waals surface area contributed by atoms with E-state index in [9.17, 15) is 0 Å². The average Bonchev–Trinajstić information content (AvgIpc) is 2.66. The van der Waals surface area contributed by atoms with Gasteiger partial charge in [0.2, 0.25) is 0 Å². The maximum absolute atomic E-state index is 6.22. The molecule has 0 amide bonds. The Morgan fingerprint density at radius 3 is 2.27 bits per heavy atom. The number of anilines is 5. The molecule has 1 heterocycles. The molecule has 0 aliphatic heterocycles. The summed E-state index contributed by atoms with van der Waals surface area (Å²) in [6.45, 7) is 0. The molecule has 0 saturated carbocycles. The molecular formula is C18H18ClN5O2. The Morgan fingerprint density at radius 2 is 1.62 bits per heavy atom. The number of hydrogen-bond donors (Lipinski definition) is 3. The number of nitrogens with two attached hydrogens (primary N) is 1. The van der Waals surface area contributed by atoms with Gasteiger partial charge in [0, 0.05) is 10.7 Å². The van der Waals surface area contributed by atoms with Crippen molar-refractivity contribution in [3.05, 3.63) is 53.8 Å². The zero-order valence-corrected chi connectivity index (χ0v) is 15.0. The molecule has 0 saturated heterocycles. The Morgan fingerprint density at radius 1 is 0.923 bits per heavy atom. The highest BCUT2D eigenvalue weighted by Gasteiger charge is 2.11. The fourth-order valence-corrected chi connectivity index (χ4v) is 2.48. The number of nitrogen functional groups attached to an aromatic ring is 1. The molecule has 134 valence electrons. The minimum Gasteiger partial charge on any atom is -0.497 e. The van der Waals surface area contributed by atoms with Crippen molar-refractivity contribution >= 4 is 40.3 Å². The van der Waals surface area contributed by atoms with Gasteiger partial charge in [-0.25, -0.2) is 9.97 Å². The van der Waals surface area contributed by atoms with E-state index in [-0.39, 0.29) is 0 Å². The molecule has 7 nitrogen and oxygen atoms in total. The third-order valence-electron chi connectivity index (χ3n) is 3.65. The number of nitrogens with one attached hydrogen (secondary N) is 2. The van der Waals surface area contributed by atoms with Crippen LogP contribution in [-0.4, -0.2) is 24.2 Å². The second-order valence-corrected chi connectivity index (χ2v) is 5.74. The highest BCUT2D eigenvalue weighted by atomic mass is 35.5. The standard InChI is InChI=1S/C18H18ClN5O2/c1-25-13-6-4-12(5-7-13)23-17-16(20)18(22-10-21-17)24-14-9-11(19)3-8-15(14)26-2/h3-10H,20H2,1-2H3,(H2,21,22,23,24). The van der Waals surface area contributed by atoms with Crippen LogP contribution in [0, 0.1) is 0 Å². The van der Waals surface area contributed by atoms with Crippen molar-refractivity contribution in [1.82, 2.24) is 9.97 Å². The third-order valence-corrected chi connectivity index (χ3v) is 3.89. The maximum Gasteiger partial charge on any atom is 0.159 e. The fraction of sp³-hybridized carbons (Fsp3) is 0.111. The number of hydrogen-bond acceptors (Lipinski definition) is 7. The second-order valence-electron chi connectivity index (χ2n) is 5.31. The predicted molar refractivity (Wildman–Crippen MR) is 104 cm³/mol. The zero-order chi connectivity index (χ0) is 18.5. The van der Waals surface area contributed by atoms with Crippen molar-refractivity contribution in [2.24, 2.45) is 0 Å². The van der Waals surface area contributed by atoms with E-state index in [2.05, 4.69) is 20.6 Å². The topological polar surface area (TPSA) is 94.3 Å². The number of halogens is 1. The van der Waals surface area contributed by atoms with Gasteiger partial charge < -0.3 is 25.8 Å². The van der Waals surface area contributed by atoms with Crippen LogP contribution in [0.5, 0.6) is 11.5 Å². The SMILES string of the molecule is COc1ccc(Nc2ncnc(Nc3cc(Cl)ccc3OC)c2N)cc1. The Hall–Kier alpha value is -3.19. The van der Waals surface area contributed by atoms with Gasteiger partial charge >= 0.3 is 0 Å². The summed E-state index contributed by atoms with van der Waals surface area (Å²) in [7, 11) is 3.20. The van der Waals surface area contributed by atoms with E-state index in [0.29, 0.717) is 33.8 Å². The first kappa shape index (κ1) is 17.6. The highest BCUT2D eigenvalue weighted by Crippen LogP contribution is 2.33. The zero-order valence-electron chi connectivity index (χ0n) is 14.3. The molecule has 0 atom stereocenters. The van der Waals surface area contributed by atoms with Crippen molar-refractivity contribution in [1.29, 1.82) is 0 Å². The summed E-state index contributed by atoms with van der Waals surface area (Å²) in [6.07, 6.45) is 1.42. The number of rotatable bonds is 6. The van der Waals surface area contributed by atoms with Gasteiger partial charge in [0.25, 0.3) is 0 Å². The van der Waals surface area contributed by atoms with E-state index in [4.69, 9.17) is 26.8 Å². The molecular weight excluding hydrogens is 354 g/mol. The lowest BCUT2D eigenvalue weighted by atomic mass is 10.2. The quantitative estimate of drug-likeness (QED) is 0.597. The number of ether oxygens (including phenoxy) is 2. The summed E-state index contributed by atoms with van der Waals surface area (Å²) >= 11 is 6.06. The molecule has 4 N–H and O–H groups in total. The monoisotopic (exact) mass is 371 g/mol. The lowest BCUT2D eigenvalue weighted by Crippen LogP contribution is -2.05. The lowest BCUT2D eigenvalue weighted by molar-refractivity contribution is 0.415. The molecule has 3 aromatic rings. The number of aromatic nitrogens is 2. The summed E-state index contributed by atoms with van der Waals surface area (Å²) in [5.41, 5.74) is 8.06. The van der Waals surface area contributed by atoms with Gasteiger partial charge in [-0.1, -0.05) is 11.6 Å². The summed E-state index contributed by atoms with van der Waals surface area (Å²) in [4.78, 5) is 8.41. The average molecular weight is 372 g/mol. The van der Waals surface area contributed by atoms with Gasteiger partial charge in [-0.2, -0.15) is 0 Å². The maximum atomic E-state index is 6.22. The highest BCUT2D eigenvalue weighted by molar-refractivity contribution is 6.31. The number of methoxy groups -OCH3 is 2. The van der Waals surface area contributed by atoms with Gasteiger partial charge in [-0.15, -0.1) is 0 Å². The van der Waals surface area contributed by atoms with Crippen molar-refractivity contribution in [2.45, 2.75) is 0 Å². The van der Waals surface area contributed by atoms with E-state index in [1.165, 1.54) is 6.33 Å². The third kappa shape index (κ3) is 3.89. The molecule has 26 heavy (non-hydrogen) atoms. The largest absolute Gasteiger partial charge is 0.497 e. The van der Waals surface area contributed by atoms with E-state index < -0.39 is 0 Å². The van der Waals surface area contributed by atoms with Crippen LogP contribution < -0.4 is 25.8 Å². The number of benzene rings is 2. The first-order valence-corrected chi connectivity index (χ1v) is 8.10. The van der Waals surface area contributed by atoms with Crippen molar-refractivity contribution < 1.29 is 9.47 Å². The number of nitrogens with zero attached hydrogens (tertiary/aromatic N) is 2. The molecule has 2 aromatic carbocycles. The molecule has 0 radical (unpaired) electrons. The smallest absolute Gasteiger partial charge is 0.159 e. The molecule has 1 aromatic heterocycles. The molecule has 3 rings (SSSR count). The van der Waals surface area contributed by atoms with Crippen molar-refractivity contribution in [3.63, 3.8) is 0 Å². The van der Waals surface area contributed by atoms with Gasteiger partial charge in [-0.3, -0.25) is 0 Å². The lowest BCUT2D eigenvalue weighted by Gasteiger charge is -2.14. The first-order chi connectivity index (χ1) is 12.6. The minimum absolute atomic E-state index is 0.366. The van der Waals surface area contributed by atoms with Gasteiger partial charge in [0.05, 0.1) is 19.9 Å². The molecule has 0 aliphatic carbocycles. The summed E-state index contributed by atoms with van der Waals surface area (Å²) < 4.78 is 10.5. The second kappa shape index (κ2) is 7.79. The van der Waals surface area contributed by atoms with Crippen LogP contribution in [0.15, 0.2) is 48.8 Å². The molecule has 0 spiro atoms. The Kier molecular flexibility index (Phi) is 5.28. The van der Waals surface area contributed by atoms with E-state index >= 15 is 0 Å². The van der Waals surface area contributed by atoms with Crippen LogP contribution in [-0.2, 0) is 0 Å². The predicted octanol–water partition coefficient (Wildman–Crippen LogP) is 4.22. The molecule has 0 aliphatic rings. The molecule has 0 bridgehead atoms. The van der Waals surface area contributed by atoms with Crippen LogP contribution in [0.2, 0.25) is 5.02 Å². The normalized spacial score (nSPS) is 10.3. The van der Waals surface area contributed by atoms with Crippen molar-refractivity contribution in [2.75, 3.05) is 30.6 Å². The van der Waals surface area contributed by atoms with Crippen LogP contribution >= 0.6 is 11.6 Å². The van der Waals surface area contributed by atoms with Gasteiger partial charge in [0.15, 0.2) is 11.6 Å². The molecule has 0 unspecified atom stereocenters. The van der Waals surface area contributed by atoms with E-state index in [1.807, 2.05) is 24.3 Å². The summed E-state index contributed by atoms with van der Waals surface area (Å²) in [5.74, 6) is 2.31. The van der Waals surface area contributed by atoms with Crippen LogP contribution in [0.25, 0.3) is 0 Å². The summed E-state index contributed by atoms with van der Waals surface area (Å²) in [6, 6.07) is 12.7. The van der Waals surface area contributed by atoms with Crippen LogP contribution in [0.4, 0.5) is 28.7 Å². The van der Waals surface area contributed by atoms with Gasteiger partial charge in [-0.05, 0) is 42.5 Å². The van der Waals surface area contributed by atoms with Crippen molar-refractivity contribution in [3.8, 4) is 11.5 Å². The summed E-state index contributed by atoms with van der Waals surface area (Å²) in [5, 5.41) is 6.86. The Balaban J connectivity index is 1.86. The first-order valence-electron chi connectivity index (χ1n) is 7.73. The minimum atomic E-state index is 0.366. The molecule has 0 fully saturated rings. The molecule has 8 heteroatoms. The fourth-order valence-electron chi connectivity index (χ4n) is 2.31. The van der Waals surface area contributed by atoms with E-state index in [0.717, 1.165) is 11.4 Å². The van der Waals surface area contributed by atoms with Crippen LogP contribution in [0.1, 0.15) is 0 Å².